The smallest absolute Gasteiger partial charge is 0.306 e. The van der Waals surface area contributed by atoms with Crippen molar-refractivity contribution in [2.75, 3.05) is 13.2 Å². The van der Waals surface area contributed by atoms with Crippen LogP contribution >= 0.6 is 0 Å². The molecular formula is C58H102O6. The normalized spacial score (nSPS) is 12.5. The van der Waals surface area contributed by atoms with Gasteiger partial charge in [0.2, 0.25) is 0 Å². The van der Waals surface area contributed by atoms with E-state index in [0.717, 1.165) is 96.3 Å². The van der Waals surface area contributed by atoms with E-state index >= 15 is 0 Å². The Morgan fingerprint density at radius 1 is 0.312 bits per heavy atom. The van der Waals surface area contributed by atoms with Crippen LogP contribution in [0.15, 0.2) is 60.8 Å². The molecule has 0 heterocycles. The molecule has 0 aromatic carbocycles. The van der Waals surface area contributed by atoms with E-state index in [1.165, 1.54) is 135 Å². The van der Waals surface area contributed by atoms with Crippen molar-refractivity contribution in [3.63, 3.8) is 0 Å². The summed E-state index contributed by atoms with van der Waals surface area (Å²) in [5, 5.41) is 0. The average molecular weight is 895 g/mol. The second-order valence-electron chi connectivity index (χ2n) is 18.1. The summed E-state index contributed by atoms with van der Waals surface area (Å²) in [6.45, 7) is 6.55. The van der Waals surface area contributed by atoms with Crippen LogP contribution in [0.25, 0.3) is 0 Å². The number of rotatable bonds is 49. The Morgan fingerprint density at radius 2 is 0.578 bits per heavy atom. The summed E-state index contributed by atoms with van der Waals surface area (Å²) >= 11 is 0. The number of esters is 3. The molecule has 0 spiro atoms. The van der Waals surface area contributed by atoms with Crippen molar-refractivity contribution < 1.29 is 28.6 Å². The SMILES string of the molecule is CCCC/C=C\CCCCCCCC(=O)OCC(COC(=O)CCCCCCCCCC/C=C\C/C=C\C/C=C\CCCCCCC)OC(=O)CCCCCCC/C=C\CCCCC. The fourth-order valence-corrected chi connectivity index (χ4v) is 7.54. The van der Waals surface area contributed by atoms with Crippen LogP contribution in [0.1, 0.15) is 271 Å². The first-order valence-corrected chi connectivity index (χ1v) is 27.3. The van der Waals surface area contributed by atoms with Gasteiger partial charge < -0.3 is 14.2 Å². The average Bonchev–Trinajstić information content (AvgIpc) is 3.29. The van der Waals surface area contributed by atoms with Crippen molar-refractivity contribution in [1.82, 2.24) is 0 Å². The van der Waals surface area contributed by atoms with Crippen LogP contribution in [0.2, 0.25) is 0 Å². The number of hydrogen-bond donors (Lipinski definition) is 0. The van der Waals surface area contributed by atoms with Gasteiger partial charge in [-0.15, -0.1) is 0 Å². The molecule has 0 N–H and O–H groups in total. The van der Waals surface area contributed by atoms with Crippen molar-refractivity contribution in [2.24, 2.45) is 0 Å². The first-order chi connectivity index (χ1) is 31.5. The second-order valence-corrected chi connectivity index (χ2v) is 18.1. The van der Waals surface area contributed by atoms with E-state index in [4.69, 9.17) is 14.2 Å². The molecule has 64 heavy (non-hydrogen) atoms. The van der Waals surface area contributed by atoms with Gasteiger partial charge in [-0.05, 0) is 103 Å². The summed E-state index contributed by atoms with van der Waals surface area (Å²) in [4.78, 5) is 38.0. The number of allylic oxidation sites excluding steroid dienone is 10. The van der Waals surface area contributed by atoms with Crippen LogP contribution in [0.4, 0.5) is 0 Å². The number of unbranched alkanes of at least 4 members (excludes halogenated alkanes) is 28. The lowest BCUT2D eigenvalue weighted by molar-refractivity contribution is -0.167. The van der Waals surface area contributed by atoms with E-state index in [1.54, 1.807) is 0 Å². The third kappa shape index (κ3) is 50.1. The van der Waals surface area contributed by atoms with Gasteiger partial charge in [0.15, 0.2) is 6.10 Å². The molecule has 0 bridgehead atoms. The predicted molar refractivity (Wildman–Crippen MR) is 275 cm³/mol. The highest BCUT2D eigenvalue weighted by Crippen LogP contribution is 2.14. The molecule has 0 saturated heterocycles. The molecule has 0 aromatic heterocycles. The molecule has 0 aliphatic rings. The van der Waals surface area contributed by atoms with E-state index in [0.29, 0.717) is 19.3 Å². The van der Waals surface area contributed by atoms with E-state index in [-0.39, 0.29) is 31.1 Å². The van der Waals surface area contributed by atoms with Crippen LogP contribution < -0.4 is 0 Å². The van der Waals surface area contributed by atoms with Crippen LogP contribution in [-0.4, -0.2) is 37.2 Å². The zero-order chi connectivity index (χ0) is 46.5. The van der Waals surface area contributed by atoms with Gasteiger partial charge in [-0.3, -0.25) is 14.4 Å². The maximum absolute atomic E-state index is 12.8. The zero-order valence-corrected chi connectivity index (χ0v) is 42.3. The van der Waals surface area contributed by atoms with Crippen molar-refractivity contribution in [1.29, 1.82) is 0 Å². The second kappa shape index (κ2) is 52.7. The molecule has 6 nitrogen and oxygen atoms in total. The Kier molecular flexibility index (Phi) is 50.4. The molecule has 0 fully saturated rings. The summed E-state index contributed by atoms with van der Waals surface area (Å²) in [5.74, 6) is -0.905. The highest BCUT2D eigenvalue weighted by molar-refractivity contribution is 5.71. The fourth-order valence-electron chi connectivity index (χ4n) is 7.54. The van der Waals surface area contributed by atoms with Crippen LogP contribution in [-0.2, 0) is 28.6 Å². The van der Waals surface area contributed by atoms with Gasteiger partial charge >= 0.3 is 17.9 Å². The number of carbonyl (C=O) groups is 3. The lowest BCUT2D eigenvalue weighted by Crippen LogP contribution is -2.30. The monoisotopic (exact) mass is 895 g/mol. The van der Waals surface area contributed by atoms with Gasteiger partial charge in [0.25, 0.3) is 0 Å². The van der Waals surface area contributed by atoms with E-state index in [2.05, 4.69) is 81.5 Å². The van der Waals surface area contributed by atoms with Crippen LogP contribution in [0.3, 0.4) is 0 Å². The van der Waals surface area contributed by atoms with Crippen molar-refractivity contribution in [3.05, 3.63) is 60.8 Å². The molecule has 0 aliphatic heterocycles. The van der Waals surface area contributed by atoms with Crippen LogP contribution in [0.5, 0.6) is 0 Å². The molecule has 0 aromatic rings. The third-order valence-corrected chi connectivity index (χ3v) is 11.7. The largest absolute Gasteiger partial charge is 0.462 e. The molecule has 0 aliphatic carbocycles. The quantitative estimate of drug-likeness (QED) is 0.0262. The molecule has 0 radical (unpaired) electrons. The Bertz CT molecular complexity index is 1170. The van der Waals surface area contributed by atoms with Gasteiger partial charge in [0.1, 0.15) is 13.2 Å². The summed E-state index contributed by atoms with van der Waals surface area (Å²) in [7, 11) is 0. The van der Waals surface area contributed by atoms with Crippen molar-refractivity contribution in [2.45, 2.75) is 277 Å². The Hall–Kier alpha value is -2.89. The summed E-state index contributed by atoms with van der Waals surface area (Å²) < 4.78 is 16.8. The standard InChI is InChI=1S/C58H102O6/c1-4-7-10-13-16-19-22-24-25-26-27-28-29-30-31-32-33-34-37-39-42-45-48-51-57(60)63-54-55(53-62-56(59)50-47-44-41-38-35-21-18-15-12-9-6-3)64-58(61)52-49-46-43-40-36-23-20-17-14-11-8-5-2/h15,17-18,20,22,24,26-27,29-30,55H,4-14,16,19,21,23,25,28,31-54H2,1-3H3/b18-15-,20-17-,24-22-,27-26-,30-29-. The van der Waals surface area contributed by atoms with Gasteiger partial charge in [-0.25, -0.2) is 0 Å². The minimum atomic E-state index is -0.783. The van der Waals surface area contributed by atoms with Crippen molar-refractivity contribution >= 4 is 17.9 Å². The van der Waals surface area contributed by atoms with Gasteiger partial charge in [0.05, 0.1) is 0 Å². The molecular weight excluding hydrogens is 793 g/mol. The highest BCUT2D eigenvalue weighted by atomic mass is 16.6. The van der Waals surface area contributed by atoms with Crippen LogP contribution in [0, 0.1) is 0 Å². The molecule has 1 atom stereocenters. The number of carbonyl (C=O) groups excluding carboxylic acids is 3. The highest BCUT2D eigenvalue weighted by Gasteiger charge is 2.19. The number of hydrogen-bond acceptors (Lipinski definition) is 6. The topological polar surface area (TPSA) is 78.9 Å². The zero-order valence-electron chi connectivity index (χ0n) is 42.3. The Balaban J connectivity index is 4.29. The minimum Gasteiger partial charge on any atom is -0.462 e. The lowest BCUT2D eigenvalue weighted by atomic mass is 10.1. The molecule has 0 saturated carbocycles. The van der Waals surface area contributed by atoms with E-state index in [1.807, 2.05) is 0 Å². The van der Waals surface area contributed by atoms with E-state index in [9.17, 15) is 14.4 Å². The van der Waals surface area contributed by atoms with Crippen molar-refractivity contribution in [3.8, 4) is 0 Å². The maximum Gasteiger partial charge on any atom is 0.306 e. The first-order valence-electron chi connectivity index (χ1n) is 27.3. The Morgan fingerprint density at radius 3 is 0.969 bits per heavy atom. The molecule has 1 unspecified atom stereocenters. The molecule has 0 rings (SSSR count). The number of ether oxygens (including phenoxy) is 3. The summed E-state index contributed by atoms with van der Waals surface area (Å²) in [5.41, 5.74) is 0. The van der Waals surface area contributed by atoms with E-state index < -0.39 is 6.10 Å². The maximum atomic E-state index is 12.8. The predicted octanol–water partition coefficient (Wildman–Crippen LogP) is 18.0. The first kappa shape index (κ1) is 61.1. The third-order valence-electron chi connectivity index (χ3n) is 11.7. The lowest BCUT2D eigenvalue weighted by Gasteiger charge is -2.18. The summed E-state index contributed by atoms with van der Waals surface area (Å²) in [6, 6.07) is 0. The summed E-state index contributed by atoms with van der Waals surface area (Å²) in [6.07, 6.45) is 65.0. The molecule has 0 amide bonds. The molecule has 6 heteroatoms. The van der Waals surface area contributed by atoms with Gasteiger partial charge in [-0.2, -0.15) is 0 Å². The molecule has 370 valence electrons. The Labute approximate surface area is 396 Å². The minimum absolute atomic E-state index is 0.0838. The van der Waals surface area contributed by atoms with Gasteiger partial charge in [-0.1, -0.05) is 210 Å². The van der Waals surface area contributed by atoms with Gasteiger partial charge in [0, 0.05) is 19.3 Å². The fraction of sp³-hybridized carbons (Fsp3) is 0.776.